The first kappa shape index (κ1) is 12.3. The van der Waals surface area contributed by atoms with Crippen LogP contribution >= 0.6 is 50.9 Å². The van der Waals surface area contributed by atoms with Crippen molar-refractivity contribution in [3.8, 4) is 0 Å². The summed E-state index contributed by atoms with van der Waals surface area (Å²) in [4.78, 5) is 12.1. The molecule has 1 heterocycles. The van der Waals surface area contributed by atoms with E-state index in [0.29, 0.717) is 0 Å². The van der Waals surface area contributed by atoms with Gasteiger partial charge in [-0.2, -0.15) is 0 Å². The van der Waals surface area contributed by atoms with Crippen molar-refractivity contribution in [3.63, 3.8) is 0 Å². The fourth-order valence-electron chi connectivity index (χ4n) is 1.11. The van der Waals surface area contributed by atoms with E-state index in [4.69, 9.17) is 27.9 Å². The van der Waals surface area contributed by atoms with Gasteiger partial charge in [0.05, 0.1) is 5.03 Å². The van der Waals surface area contributed by atoms with Crippen LogP contribution in [0.1, 0.15) is 0 Å². The van der Waals surface area contributed by atoms with Crippen molar-refractivity contribution in [2.45, 2.75) is 10.3 Å². The van der Waals surface area contributed by atoms with Gasteiger partial charge in [-0.3, -0.25) is 0 Å². The molecule has 1 aromatic rings. The zero-order chi connectivity index (χ0) is 11.7. The number of thioether (sulfide) groups is 1. The highest BCUT2D eigenvalue weighted by Crippen LogP contribution is 2.38. The van der Waals surface area contributed by atoms with E-state index in [-0.39, 0.29) is 10.1 Å². The summed E-state index contributed by atoms with van der Waals surface area (Å²) in [5.74, 6) is -0.568. The second kappa shape index (κ2) is 5.00. The molecule has 1 unspecified atom stereocenters. The van der Waals surface area contributed by atoms with Crippen molar-refractivity contribution in [3.05, 3.63) is 38.8 Å². The monoisotopic (exact) mass is 338 g/mol. The number of ether oxygens (including phenoxy) is 1. The molecule has 16 heavy (non-hydrogen) atoms. The molecule has 2 nitrogen and oxygen atoms in total. The summed E-state index contributed by atoms with van der Waals surface area (Å²) >= 11 is 16.2. The zero-order valence-corrected chi connectivity index (χ0v) is 11.7. The number of halogens is 3. The second-order valence-corrected chi connectivity index (χ2v) is 5.81. The molecule has 6 heteroatoms. The predicted molar refractivity (Wildman–Crippen MR) is 68.6 cm³/mol. The van der Waals surface area contributed by atoms with Gasteiger partial charge in [0.15, 0.2) is 5.44 Å². The van der Waals surface area contributed by atoms with Gasteiger partial charge in [-0.05, 0) is 24.3 Å². The average molecular weight is 340 g/mol. The normalized spacial score (nSPS) is 20.2. The lowest BCUT2D eigenvalue weighted by Crippen LogP contribution is -2.04. The van der Waals surface area contributed by atoms with E-state index in [0.717, 1.165) is 9.37 Å². The van der Waals surface area contributed by atoms with E-state index in [2.05, 4.69) is 15.9 Å². The quantitative estimate of drug-likeness (QED) is 0.758. The lowest BCUT2D eigenvalue weighted by molar-refractivity contribution is -0.136. The van der Waals surface area contributed by atoms with Gasteiger partial charge in [0.2, 0.25) is 0 Å². The van der Waals surface area contributed by atoms with Gasteiger partial charge < -0.3 is 4.74 Å². The minimum Gasteiger partial charge on any atom is -0.441 e. The smallest absolute Gasteiger partial charge is 0.352 e. The van der Waals surface area contributed by atoms with Crippen LogP contribution in [0, 0.1) is 0 Å². The summed E-state index contributed by atoms with van der Waals surface area (Å²) in [5.41, 5.74) is -0.539. The molecule has 84 valence electrons. The highest BCUT2D eigenvalue weighted by molar-refractivity contribution is 9.10. The first-order valence-electron chi connectivity index (χ1n) is 4.26. The molecular weight excluding hydrogens is 335 g/mol. The molecule has 0 saturated carbocycles. The summed E-state index contributed by atoms with van der Waals surface area (Å²) in [6.07, 6.45) is 0. The molecule has 2 rings (SSSR count). The first-order chi connectivity index (χ1) is 7.58. The van der Waals surface area contributed by atoms with Gasteiger partial charge >= 0.3 is 5.97 Å². The average Bonchev–Trinajstić information content (AvgIpc) is 2.50. The Morgan fingerprint density at radius 2 is 1.88 bits per heavy atom. The number of cyclic esters (lactones) is 1. The van der Waals surface area contributed by atoms with E-state index in [9.17, 15) is 4.79 Å². The van der Waals surface area contributed by atoms with Crippen molar-refractivity contribution < 1.29 is 9.53 Å². The number of hydrogen-bond donors (Lipinski definition) is 0. The SMILES string of the molecule is O=C1OC(Sc2ccc(Br)cc2)C(Cl)=C1Cl. The predicted octanol–water partition coefficient (Wildman–Crippen LogP) is 4.11. The molecule has 0 spiro atoms. The van der Waals surface area contributed by atoms with Gasteiger partial charge in [0, 0.05) is 9.37 Å². The summed E-state index contributed by atoms with van der Waals surface area (Å²) in [5, 5.41) is 0.218. The van der Waals surface area contributed by atoms with Gasteiger partial charge in [-0.1, -0.05) is 50.9 Å². The van der Waals surface area contributed by atoms with Crippen molar-refractivity contribution >= 4 is 56.9 Å². The van der Waals surface area contributed by atoms with Crippen LogP contribution in [-0.2, 0) is 9.53 Å². The van der Waals surface area contributed by atoms with Gasteiger partial charge in [0.1, 0.15) is 5.03 Å². The van der Waals surface area contributed by atoms with Gasteiger partial charge in [-0.15, -0.1) is 0 Å². The fourth-order valence-corrected chi connectivity index (χ4v) is 2.74. The van der Waals surface area contributed by atoms with Crippen LogP contribution in [0.15, 0.2) is 43.7 Å². The largest absolute Gasteiger partial charge is 0.441 e. The molecule has 1 aliphatic rings. The van der Waals surface area contributed by atoms with Crippen LogP contribution in [0.5, 0.6) is 0 Å². The van der Waals surface area contributed by atoms with Crippen molar-refractivity contribution in [1.82, 2.24) is 0 Å². The molecule has 1 atom stereocenters. The highest BCUT2D eigenvalue weighted by atomic mass is 79.9. The summed E-state index contributed by atoms with van der Waals surface area (Å²) < 4.78 is 5.98. The van der Waals surface area contributed by atoms with Crippen molar-refractivity contribution in [1.29, 1.82) is 0 Å². The van der Waals surface area contributed by atoms with Crippen LogP contribution in [0.25, 0.3) is 0 Å². The minimum atomic E-state index is -0.568. The molecule has 0 radical (unpaired) electrons. The van der Waals surface area contributed by atoms with Crippen LogP contribution in [0.2, 0.25) is 0 Å². The number of esters is 1. The van der Waals surface area contributed by atoms with Gasteiger partial charge in [0.25, 0.3) is 0 Å². The minimum absolute atomic E-state index is 0.0312. The Bertz CT molecular complexity index is 458. The molecular formula is C10H5BrCl2O2S. The molecule has 0 N–H and O–H groups in total. The third kappa shape index (κ3) is 2.56. The number of carbonyl (C=O) groups is 1. The standard InChI is InChI=1S/C10H5BrCl2O2S/c11-5-1-3-6(4-2-5)16-10-8(13)7(12)9(14)15-10/h1-4,10H. The second-order valence-electron chi connectivity index (χ2n) is 2.97. The van der Waals surface area contributed by atoms with E-state index >= 15 is 0 Å². The van der Waals surface area contributed by atoms with Crippen LogP contribution in [-0.4, -0.2) is 11.4 Å². The van der Waals surface area contributed by atoms with Crippen LogP contribution < -0.4 is 0 Å². The maximum atomic E-state index is 11.1. The summed E-state index contributed by atoms with van der Waals surface area (Å²) in [7, 11) is 0. The van der Waals surface area contributed by atoms with E-state index in [1.807, 2.05) is 24.3 Å². The van der Waals surface area contributed by atoms with E-state index in [1.165, 1.54) is 11.8 Å². The fraction of sp³-hybridized carbons (Fsp3) is 0.100. The molecule has 0 fully saturated rings. The molecule has 1 aliphatic heterocycles. The van der Waals surface area contributed by atoms with Crippen LogP contribution in [0.4, 0.5) is 0 Å². The first-order valence-corrected chi connectivity index (χ1v) is 6.69. The Hall–Kier alpha value is -0.160. The number of carbonyl (C=O) groups excluding carboxylic acids is 1. The molecule has 0 saturated heterocycles. The van der Waals surface area contributed by atoms with Crippen molar-refractivity contribution in [2.24, 2.45) is 0 Å². The Balaban J connectivity index is 2.12. The Labute approximate surface area is 115 Å². The molecule has 0 bridgehead atoms. The Morgan fingerprint density at radius 3 is 2.38 bits per heavy atom. The number of hydrogen-bond acceptors (Lipinski definition) is 3. The third-order valence-corrected chi connectivity index (χ3v) is 4.46. The van der Waals surface area contributed by atoms with Crippen molar-refractivity contribution in [2.75, 3.05) is 0 Å². The highest BCUT2D eigenvalue weighted by Gasteiger charge is 2.32. The summed E-state index contributed by atoms with van der Waals surface area (Å²) in [6, 6.07) is 7.61. The Kier molecular flexibility index (Phi) is 3.85. The lowest BCUT2D eigenvalue weighted by Gasteiger charge is -2.09. The number of benzene rings is 1. The lowest BCUT2D eigenvalue weighted by atomic mass is 10.4. The number of rotatable bonds is 2. The maximum absolute atomic E-state index is 11.1. The molecule has 0 amide bonds. The zero-order valence-electron chi connectivity index (χ0n) is 7.75. The summed E-state index contributed by atoms with van der Waals surface area (Å²) in [6.45, 7) is 0. The van der Waals surface area contributed by atoms with E-state index in [1.54, 1.807) is 0 Å². The molecule has 0 aliphatic carbocycles. The van der Waals surface area contributed by atoms with E-state index < -0.39 is 11.4 Å². The maximum Gasteiger partial charge on any atom is 0.352 e. The topological polar surface area (TPSA) is 26.3 Å². The van der Waals surface area contributed by atoms with Crippen LogP contribution in [0.3, 0.4) is 0 Å². The van der Waals surface area contributed by atoms with Gasteiger partial charge in [-0.25, -0.2) is 4.79 Å². The Morgan fingerprint density at radius 1 is 1.25 bits per heavy atom. The molecule has 1 aromatic carbocycles. The third-order valence-electron chi connectivity index (χ3n) is 1.87. The molecule has 0 aromatic heterocycles.